The highest BCUT2D eigenvalue weighted by Crippen LogP contribution is 2.25. The molecule has 0 radical (unpaired) electrons. The van der Waals surface area contributed by atoms with Gasteiger partial charge in [0.15, 0.2) is 5.96 Å². The van der Waals surface area contributed by atoms with Crippen molar-refractivity contribution in [3.8, 4) is 5.75 Å². The molecule has 6 heteroatoms. The van der Waals surface area contributed by atoms with E-state index in [2.05, 4.69) is 24.2 Å². The zero-order valence-corrected chi connectivity index (χ0v) is 15.2. The van der Waals surface area contributed by atoms with E-state index in [0.29, 0.717) is 29.2 Å². The van der Waals surface area contributed by atoms with Gasteiger partial charge in [-0.25, -0.2) is 4.99 Å². The number of aliphatic imine (C=N–C) groups is 1. The predicted octanol–water partition coefficient (Wildman–Crippen LogP) is 3.42. The molecule has 20 heavy (non-hydrogen) atoms. The summed E-state index contributed by atoms with van der Waals surface area (Å²) < 4.78 is 5.10. The van der Waals surface area contributed by atoms with E-state index in [1.165, 1.54) is 0 Å². The van der Waals surface area contributed by atoms with Gasteiger partial charge in [0.1, 0.15) is 5.75 Å². The molecule has 4 nitrogen and oxygen atoms in total. The molecule has 1 rings (SSSR count). The zero-order valence-electron chi connectivity index (χ0n) is 12.1. The third-order valence-corrected chi connectivity index (χ3v) is 2.97. The first-order valence-corrected chi connectivity index (χ1v) is 6.77. The second-order valence-corrected chi connectivity index (χ2v) is 5.19. The second-order valence-electron chi connectivity index (χ2n) is 4.78. The highest BCUT2D eigenvalue weighted by atomic mass is 127. The Kier molecular flexibility index (Phi) is 9.75. The number of hydrogen-bond donors (Lipinski definition) is 2. The first kappa shape index (κ1) is 19.3. The highest BCUT2D eigenvalue weighted by molar-refractivity contribution is 14.0. The summed E-state index contributed by atoms with van der Waals surface area (Å²) in [5.74, 6) is 1.78. The Hall–Kier alpha value is -0.690. The van der Waals surface area contributed by atoms with Crippen LogP contribution in [-0.2, 0) is 6.54 Å². The van der Waals surface area contributed by atoms with Crippen molar-refractivity contribution >= 4 is 41.5 Å². The van der Waals surface area contributed by atoms with E-state index in [0.717, 1.165) is 18.5 Å². The monoisotopic (exact) mass is 411 g/mol. The second kappa shape index (κ2) is 10.1. The smallest absolute Gasteiger partial charge is 0.188 e. The third kappa shape index (κ3) is 7.19. The lowest BCUT2D eigenvalue weighted by Crippen LogP contribution is -2.32. The number of nitrogens with one attached hydrogen (secondary N) is 1. The molecule has 0 bridgehead atoms. The fraction of sp³-hybridized carbons (Fsp3) is 0.500. The van der Waals surface area contributed by atoms with Gasteiger partial charge in [-0.1, -0.05) is 31.5 Å². The van der Waals surface area contributed by atoms with E-state index in [1.54, 1.807) is 7.11 Å². The van der Waals surface area contributed by atoms with Crippen molar-refractivity contribution in [2.24, 2.45) is 16.6 Å². The van der Waals surface area contributed by atoms with E-state index >= 15 is 0 Å². The van der Waals surface area contributed by atoms with Crippen molar-refractivity contribution in [1.29, 1.82) is 0 Å². The SMILES string of the molecule is COc1ccc(CN=C(N)NCCC(C)C)cc1Cl.I. The van der Waals surface area contributed by atoms with Crippen molar-refractivity contribution in [3.05, 3.63) is 28.8 Å². The number of nitrogens with zero attached hydrogens (tertiary/aromatic N) is 1. The molecular weight excluding hydrogens is 389 g/mol. The summed E-state index contributed by atoms with van der Waals surface area (Å²) >= 11 is 6.04. The average Bonchev–Trinajstić information content (AvgIpc) is 2.36. The number of benzene rings is 1. The van der Waals surface area contributed by atoms with Crippen LogP contribution in [0, 0.1) is 5.92 Å². The van der Waals surface area contributed by atoms with Gasteiger partial charge < -0.3 is 15.8 Å². The van der Waals surface area contributed by atoms with Crippen molar-refractivity contribution in [1.82, 2.24) is 5.32 Å². The molecule has 0 fully saturated rings. The summed E-state index contributed by atoms with van der Waals surface area (Å²) in [6.45, 7) is 5.70. The molecular formula is C14H23ClIN3O. The standard InChI is InChI=1S/C14H22ClN3O.HI/c1-10(2)6-7-17-14(16)18-9-11-4-5-13(19-3)12(15)8-11;/h4-5,8,10H,6-7,9H2,1-3H3,(H3,16,17,18);1H. The lowest BCUT2D eigenvalue weighted by atomic mass is 10.1. The van der Waals surface area contributed by atoms with Gasteiger partial charge >= 0.3 is 0 Å². The lowest BCUT2D eigenvalue weighted by Gasteiger charge is -2.08. The Morgan fingerprint density at radius 3 is 2.70 bits per heavy atom. The van der Waals surface area contributed by atoms with Crippen LogP contribution in [0.15, 0.2) is 23.2 Å². The molecule has 0 spiro atoms. The Bertz CT molecular complexity index is 438. The number of rotatable bonds is 6. The third-order valence-electron chi connectivity index (χ3n) is 2.68. The van der Waals surface area contributed by atoms with Crippen LogP contribution in [0.1, 0.15) is 25.8 Å². The van der Waals surface area contributed by atoms with Crippen LogP contribution in [0.2, 0.25) is 5.02 Å². The molecule has 0 heterocycles. The molecule has 0 aliphatic carbocycles. The fourth-order valence-corrected chi connectivity index (χ4v) is 1.81. The van der Waals surface area contributed by atoms with Gasteiger partial charge in [0.25, 0.3) is 0 Å². The molecule has 0 amide bonds. The molecule has 0 unspecified atom stereocenters. The summed E-state index contributed by atoms with van der Waals surface area (Å²) in [5, 5.41) is 3.68. The van der Waals surface area contributed by atoms with Gasteiger partial charge in [0.2, 0.25) is 0 Å². The molecule has 0 aliphatic rings. The number of halogens is 2. The Morgan fingerprint density at radius 1 is 1.45 bits per heavy atom. The van der Waals surface area contributed by atoms with Crippen molar-refractivity contribution in [2.75, 3.05) is 13.7 Å². The van der Waals surface area contributed by atoms with E-state index in [9.17, 15) is 0 Å². The van der Waals surface area contributed by atoms with Crippen LogP contribution in [0.4, 0.5) is 0 Å². The maximum absolute atomic E-state index is 6.04. The van der Waals surface area contributed by atoms with E-state index in [1.807, 2.05) is 18.2 Å². The van der Waals surface area contributed by atoms with Crippen LogP contribution >= 0.6 is 35.6 Å². The normalized spacial score (nSPS) is 11.2. The number of ether oxygens (including phenoxy) is 1. The number of methoxy groups -OCH3 is 1. The quantitative estimate of drug-likeness (QED) is 0.428. The number of hydrogen-bond acceptors (Lipinski definition) is 2. The Morgan fingerprint density at radius 2 is 2.15 bits per heavy atom. The summed E-state index contributed by atoms with van der Waals surface area (Å²) in [6.07, 6.45) is 1.07. The predicted molar refractivity (Wildman–Crippen MR) is 96.2 cm³/mol. The first-order valence-electron chi connectivity index (χ1n) is 6.39. The van der Waals surface area contributed by atoms with Gasteiger partial charge in [-0.15, -0.1) is 24.0 Å². The lowest BCUT2D eigenvalue weighted by molar-refractivity contribution is 0.415. The minimum atomic E-state index is 0. The fourth-order valence-electron chi connectivity index (χ4n) is 1.53. The van der Waals surface area contributed by atoms with Crippen LogP contribution < -0.4 is 15.8 Å². The molecule has 114 valence electrons. The summed E-state index contributed by atoms with van der Waals surface area (Å²) in [7, 11) is 1.59. The van der Waals surface area contributed by atoms with E-state index < -0.39 is 0 Å². The zero-order chi connectivity index (χ0) is 14.3. The van der Waals surface area contributed by atoms with Gasteiger partial charge in [-0.3, -0.25) is 0 Å². The Balaban J connectivity index is 0.00000361. The van der Waals surface area contributed by atoms with Gasteiger partial charge in [-0.05, 0) is 30.0 Å². The maximum atomic E-state index is 6.04. The highest BCUT2D eigenvalue weighted by Gasteiger charge is 2.01. The van der Waals surface area contributed by atoms with Gasteiger partial charge in [0, 0.05) is 6.54 Å². The van der Waals surface area contributed by atoms with Crippen molar-refractivity contribution in [2.45, 2.75) is 26.8 Å². The van der Waals surface area contributed by atoms with Gasteiger partial charge in [-0.2, -0.15) is 0 Å². The molecule has 0 saturated carbocycles. The maximum Gasteiger partial charge on any atom is 0.188 e. The number of nitrogens with two attached hydrogens (primary N) is 1. The van der Waals surface area contributed by atoms with Crippen molar-refractivity contribution in [3.63, 3.8) is 0 Å². The molecule has 1 aromatic rings. The van der Waals surface area contributed by atoms with Crippen molar-refractivity contribution < 1.29 is 4.74 Å². The van der Waals surface area contributed by atoms with Crippen LogP contribution in [0.5, 0.6) is 5.75 Å². The van der Waals surface area contributed by atoms with Gasteiger partial charge in [0.05, 0.1) is 18.7 Å². The summed E-state index contributed by atoms with van der Waals surface area (Å²) in [4.78, 5) is 4.27. The first-order chi connectivity index (χ1) is 9.02. The summed E-state index contributed by atoms with van der Waals surface area (Å²) in [6, 6.07) is 5.59. The number of guanidine groups is 1. The molecule has 3 N–H and O–H groups in total. The largest absolute Gasteiger partial charge is 0.495 e. The Labute approximate surface area is 143 Å². The van der Waals surface area contributed by atoms with E-state index in [-0.39, 0.29) is 24.0 Å². The molecule has 1 aromatic carbocycles. The molecule has 0 aliphatic heterocycles. The van der Waals surface area contributed by atoms with Crippen LogP contribution in [-0.4, -0.2) is 19.6 Å². The topological polar surface area (TPSA) is 59.6 Å². The van der Waals surface area contributed by atoms with Crippen LogP contribution in [0.25, 0.3) is 0 Å². The molecule has 0 atom stereocenters. The minimum Gasteiger partial charge on any atom is -0.495 e. The van der Waals surface area contributed by atoms with Crippen LogP contribution in [0.3, 0.4) is 0 Å². The molecule has 0 aromatic heterocycles. The van der Waals surface area contributed by atoms with E-state index in [4.69, 9.17) is 22.1 Å². The molecule has 0 saturated heterocycles. The average molecular weight is 412 g/mol. The summed E-state index contributed by atoms with van der Waals surface area (Å²) in [5.41, 5.74) is 6.78. The minimum absolute atomic E-state index is 0.